The lowest BCUT2D eigenvalue weighted by atomic mass is 9.94. The van der Waals surface area contributed by atoms with Crippen molar-refractivity contribution in [1.29, 1.82) is 0 Å². The average molecular weight is 348 g/mol. The van der Waals surface area contributed by atoms with E-state index in [1.165, 1.54) is 6.33 Å². The Bertz CT molecular complexity index is 1030. The fourth-order valence-corrected chi connectivity index (χ4v) is 2.64. The topological polar surface area (TPSA) is 81.7 Å². The number of hydrogen-bond acceptors (Lipinski definition) is 6. The molecule has 0 bridgehead atoms. The van der Waals surface area contributed by atoms with E-state index in [1.807, 2.05) is 30.3 Å². The van der Waals surface area contributed by atoms with Crippen LogP contribution < -0.4 is 5.32 Å². The van der Waals surface area contributed by atoms with Crippen LogP contribution in [0.2, 0.25) is 0 Å². The molecule has 0 spiro atoms. The lowest BCUT2D eigenvalue weighted by Crippen LogP contribution is -2.09. The Labute approximate surface area is 151 Å². The van der Waals surface area contributed by atoms with Crippen LogP contribution in [0.15, 0.2) is 53.5 Å². The third-order valence-corrected chi connectivity index (χ3v) is 4.07. The van der Waals surface area contributed by atoms with Gasteiger partial charge in [-0.25, -0.2) is 19.6 Å². The van der Waals surface area contributed by atoms with Crippen LogP contribution in [0, 0.1) is 0 Å². The highest BCUT2D eigenvalue weighted by molar-refractivity contribution is 5.87. The van der Waals surface area contributed by atoms with Crippen molar-refractivity contribution >= 4 is 16.9 Å². The van der Waals surface area contributed by atoms with Gasteiger partial charge < -0.3 is 9.73 Å². The number of fused-ring (bicyclic) bond motifs is 1. The molecule has 26 heavy (non-hydrogen) atoms. The molecule has 3 aromatic heterocycles. The van der Waals surface area contributed by atoms with Crippen LogP contribution in [0.25, 0.3) is 16.7 Å². The molecule has 0 unspecified atom stereocenters. The first kappa shape index (κ1) is 16.3. The van der Waals surface area contributed by atoms with E-state index >= 15 is 0 Å². The van der Waals surface area contributed by atoms with Crippen molar-refractivity contribution in [3.05, 3.63) is 60.7 Å². The molecule has 0 aliphatic heterocycles. The fraction of sp³-hybridized carbons (Fsp3) is 0.263. The molecule has 0 aliphatic carbocycles. The summed E-state index contributed by atoms with van der Waals surface area (Å²) in [5, 5.41) is 8.57. The number of aromatic nitrogens is 5. The molecular weight excluding hydrogens is 328 g/mol. The van der Waals surface area contributed by atoms with Gasteiger partial charge in [-0.3, -0.25) is 0 Å². The van der Waals surface area contributed by atoms with Crippen molar-refractivity contribution in [1.82, 2.24) is 24.7 Å². The molecule has 0 aliphatic rings. The van der Waals surface area contributed by atoms with Gasteiger partial charge in [0.15, 0.2) is 5.65 Å². The van der Waals surface area contributed by atoms with Gasteiger partial charge in [-0.1, -0.05) is 39.0 Å². The molecule has 3 heterocycles. The number of nitrogens with one attached hydrogen (secondary N) is 1. The molecule has 0 fully saturated rings. The predicted molar refractivity (Wildman–Crippen MR) is 99.2 cm³/mol. The lowest BCUT2D eigenvalue weighted by molar-refractivity contribution is 0.385. The van der Waals surface area contributed by atoms with Gasteiger partial charge in [-0.15, -0.1) is 0 Å². The van der Waals surface area contributed by atoms with Crippen LogP contribution in [-0.2, 0) is 12.0 Å². The summed E-state index contributed by atoms with van der Waals surface area (Å²) in [6, 6.07) is 9.89. The molecule has 0 saturated carbocycles. The smallest absolute Gasteiger partial charge is 0.213 e. The Hall–Kier alpha value is -3.22. The van der Waals surface area contributed by atoms with Crippen LogP contribution in [-0.4, -0.2) is 24.7 Å². The Morgan fingerprint density at radius 3 is 2.58 bits per heavy atom. The number of nitrogens with zero attached hydrogens (tertiary/aromatic N) is 5. The minimum Gasteiger partial charge on any atom is -0.443 e. The first-order valence-corrected chi connectivity index (χ1v) is 8.45. The van der Waals surface area contributed by atoms with Gasteiger partial charge in [-0.05, 0) is 12.1 Å². The zero-order valence-corrected chi connectivity index (χ0v) is 15.0. The number of hydrogen-bond donors (Lipinski definition) is 1. The predicted octanol–water partition coefficient (Wildman–Crippen LogP) is 3.71. The lowest BCUT2D eigenvalue weighted by Gasteiger charge is -2.13. The van der Waals surface area contributed by atoms with Gasteiger partial charge >= 0.3 is 0 Å². The van der Waals surface area contributed by atoms with Crippen molar-refractivity contribution < 1.29 is 4.42 Å². The number of benzene rings is 1. The molecule has 7 nitrogen and oxygen atoms in total. The van der Waals surface area contributed by atoms with E-state index in [9.17, 15) is 0 Å². The Morgan fingerprint density at radius 1 is 1.04 bits per heavy atom. The average Bonchev–Trinajstić information content (AvgIpc) is 3.28. The van der Waals surface area contributed by atoms with Crippen molar-refractivity contribution in [3.63, 3.8) is 0 Å². The SMILES string of the molecule is CC(C)(C)c1cnc(CNc2ncnc3c2cnn3-c2ccccc2)o1. The normalized spacial score (nSPS) is 11.8. The fourth-order valence-electron chi connectivity index (χ4n) is 2.64. The zero-order chi connectivity index (χ0) is 18.1. The van der Waals surface area contributed by atoms with Gasteiger partial charge in [0.1, 0.15) is 17.9 Å². The Kier molecular flexibility index (Phi) is 3.91. The summed E-state index contributed by atoms with van der Waals surface area (Å²) in [6.07, 6.45) is 5.07. The number of rotatable bonds is 4. The summed E-state index contributed by atoms with van der Waals surface area (Å²) in [4.78, 5) is 13.1. The van der Waals surface area contributed by atoms with Gasteiger partial charge in [0.2, 0.25) is 5.89 Å². The van der Waals surface area contributed by atoms with Crippen molar-refractivity contribution in [3.8, 4) is 5.69 Å². The van der Waals surface area contributed by atoms with Crippen molar-refractivity contribution in [2.75, 3.05) is 5.32 Å². The quantitative estimate of drug-likeness (QED) is 0.605. The summed E-state index contributed by atoms with van der Waals surface area (Å²) < 4.78 is 7.62. The van der Waals surface area contributed by atoms with E-state index in [1.54, 1.807) is 17.1 Å². The van der Waals surface area contributed by atoms with Crippen LogP contribution in [0.4, 0.5) is 5.82 Å². The first-order chi connectivity index (χ1) is 12.5. The van der Waals surface area contributed by atoms with E-state index in [0.29, 0.717) is 18.3 Å². The second-order valence-corrected chi connectivity index (χ2v) is 7.07. The second kappa shape index (κ2) is 6.25. The molecule has 0 radical (unpaired) electrons. The number of anilines is 1. The first-order valence-electron chi connectivity index (χ1n) is 8.45. The molecule has 0 saturated heterocycles. The van der Waals surface area contributed by atoms with E-state index in [2.05, 4.69) is 46.1 Å². The number of para-hydroxylation sites is 1. The summed E-state index contributed by atoms with van der Waals surface area (Å²) in [6.45, 7) is 6.72. The van der Waals surface area contributed by atoms with Gasteiger partial charge in [0.05, 0.1) is 30.0 Å². The molecule has 0 amide bonds. The summed E-state index contributed by atoms with van der Waals surface area (Å²) in [5.41, 5.74) is 1.63. The van der Waals surface area contributed by atoms with Crippen LogP contribution >= 0.6 is 0 Å². The molecule has 0 atom stereocenters. The third-order valence-electron chi connectivity index (χ3n) is 4.07. The highest BCUT2D eigenvalue weighted by Crippen LogP contribution is 2.24. The minimum absolute atomic E-state index is 0.0652. The third kappa shape index (κ3) is 3.03. The van der Waals surface area contributed by atoms with Crippen LogP contribution in [0.1, 0.15) is 32.4 Å². The second-order valence-electron chi connectivity index (χ2n) is 7.07. The summed E-state index contributed by atoms with van der Waals surface area (Å²) in [7, 11) is 0. The molecule has 4 rings (SSSR count). The van der Waals surface area contributed by atoms with Crippen molar-refractivity contribution in [2.24, 2.45) is 0 Å². The standard InChI is InChI=1S/C19H20N6O/c1-19(2,3)15-10-20-16(26-15)11-21-17-14-9-24-25(18(14)23-12-22-17)13-7-5-4-6-8-13/h4-10,12H,11H2,1-3H3,(H,21,22,23). The van der Waals surface area contributed by atoms with E-state index < -0.39 is 0 Å². The Balaban J connectivity index is 1.60. The summed E-state index contributed by atoms with van der Waals surface area (Å²) >= 11 is 0. The van der Waals surface area contributed by atoms with Gasteiger partial charge in [0.25, 0.3) is 0 Å². The Morgan fingerprint density at radius 2 is 1.85 bits per heavy atom. The molecule has 7 heteroatoms. The largest absolute Gasteiger partial charge is 0.443 e. The molecule has 132 valence electrons. The highest BCUT2D eigenvalue weighted by Gasteiger charge is 2.19. The van der Waals surface area contributed by atoms with Crippen LogP contribution in [0.5, 0.6) is 0 Å². The van der Waals surface area contributed by atoms with Crippen molar-refractivity contribution in [2.45, 2.75) is 32.7 Å². The maximum atomic E-state index is 5.82. The van der Waals surface area contributed by atoms with E-state index in [4.69, 9.17) is 4.42 Å². The molecule has 1 N–H and O–H groups in total. The van der Waals surface area contributed by atoms with Crippen LogP contribution in [0.3, 0.4) is 0 Å². The zero-order valence-electron chi connectivity index (χ0n) is 15.0. The monoisotopic (exact) mass is 348 g/mol. The van der Waals surface area contributed by atoms with E-state index in [-0.39, 0.29) is 5.41 Å². The van der Waals surface area contributed by atoms with E-state index in [0.717, 1.165) is 22.5 Å². The van der Waals surface area contributed by atoms with Gasteiger partial charge in [0, 0.05) is 5.41 Å². The maximum absolute atomic E-state index is 5.82. The summed E-state index contributed by atoms with van der Waals surface area (Å²) in [5.74, 6) is 2.18. The molecule has 1 aromatic carbocycles. The minimum atomic E-state index is -0.0652. The highest BCUT2D eigenvalue weighted by atomic mass is 16.4. The molecule has 4 aromatic rings. The molecular formula is C19H20N6O. The van der Waals surface area contributed by atoms with Gasteiger partial charge in [-0.2, -0.15) is 5.10 Å². The maximum Gasteiger partial charge on any atom is 0.213 e. The number of oxazole rings is 1.